The molecule has 0 aromatic carbocycles. The molecule has 0 aliphatic carbocycles. The van der Waals surface area contributed by atoms with Crippen LogP contribution in [0.4, 0.5) is 35.1 Å². The van der Waals surface area contributed by atoms with Crippen LogP contribution in [-0.2, 0) is 19.1 Å². The molecule has 0 aromatic heterocycles. The van der Waals surface area contributed by atoms with Gasteiger partial charge in [-0.15, -0.1) is 0 Å². The summed E-state index contributed by atoms with van der Waals surface area (Å²) in [6, 6.07) is 0. The number of carbonyl (C=O) groups is 2. The Hall–Kier alpha value is -1.62. The molecule has 4 nitrogen and oxygen atoms in total. The highest BCUT2D eigenvalue weighted by atomic mass is 19.4. The number of alkyl halides is 8. The van der Waals surface area contributed by atoms with E-state index in [2.05, 4.69) is 4.74 Å². The third kappa shape index (κ3) is 8.73. The number of rotatable bonds is 14. The van der Waals surface area contributed by atoms with Gasteiger partial charge >= 0.3 is 36.1 Å². The summed E-state index contributed by atoms with van der Waals surface area (Å²) in [7, 11) is 0. The molecule has 0 spiro atoms. The quantitative estimate of drug-likeness (QED) is 0.209. The lowest BCUT2D eigenvalue weighted by Crippen LogP contribution is -2.59. The van der Waals surface area contributed by atoms with E-state index in [9.17, 15) is 44.7 Å². The number of hydrogen-bond donors (Lipinski definition) is 0. The van der Waals surface area contributed by atoms with E-state index in [1.165, 1.54) is 0 Å². The second-order valence-electron chi connectivity index (χ2n) is 6.83. The lowest BCUT2D eigenvalue weighted by Gasteiger charge is -2.31. The maximum absolute atomic E-state index is 13.2. The molecule has 0 bridgehead atoms. The second-order valence-corrected chi connectivity index (χ2v) is 6.83. The molecule has 0 amide bonds. The molecular formula is C17H24F8O4. The standard InChI is InChI=1S/C17H24F8O4/c1-11(2)6-5-9-28-12(26)7-3-4-8-13(27)29-10-15(20,21)17(24,25)16(22,23)14(18)19/h11,14H,3-10H2,1-2H3. The van der Waals surface area contributed by atoms with Crippen LogP contribution < -0.4 is 0 Å². The van der Waals surface area contributed by atoms with Crippen LogP contribution in [0.2, 0.25) is 0 Å². The molecule has 0 radical (unpaired) electrons. The minimum atomic E-state index is -6.42. The van der Waals surface area contributed by atoms with Gasteiger partial charge in [0.1, 0.15) is 0 Å². The summed E-state index contributed by atoms with van der Waals surface area (Å²) in [6.07, 6.45) is -4.07. The van der Waals surface area contributed by atoms with Gasteiger partial charge in [-0.2, -0.15) is 26.3 Å². The predicted molar refractivity (Wildman–Crippen MR) is 85.3 cm³/mol. The van der Waals surface area contributed by atoms with Gasteiger partial charge in [-0.05, 0) is 31.6 Å². The van der Waals surface area contributed by atoms with Gasteiger partial charge in [0.2, 0.25) is 0 Å². The first-order valence-corrected chi connectivity index (χ1v) is 8.88. The molecule has 0 heterocycles. The Kier molecular flexibility index (Phi) is 10.9. The SMILES string of the molecule is CC(C)CCCOC(=O)CCCCC(=O)OCC(F)(F)C(F)(F)C(F)(F)C(F)F. The van der Waals surface area contributed by atoms with Crippen molar-refractivity contribution in [2.75, 3.05) is 13.2 Å². The van der Waals surface area contributed by atoms with E-state index in [-0.39, 0.29) is 25.9 Å². The third-order valence-electron chi connectivity index (χ3n) is 3.77. The average Bonchev–Trinajstić information content (AvgIpc) is 2.60. The minimum Gasteiger partial charge on any atom is -0.466 e. The van der Waals surface area contributed by atoms with Crippen molar-refractivity contribution in [2.45, 2.75) is 76.6 Å². The van der Waals surface area contributed by atoms with E-state index in [0.29, 0.717) is 12.3 Å². The molecule has 0 unspecified atom stereocenters. The molecule has 12 heteroatoms. The summed E-state index contributed by atoms with van der Waals surface area (Å²) in [6.45, 7) is 1.75. The third-order valence-corrected chi connectivity index (χ3v) is 3.77. The highest BCUT2D eigenvalue weighted by Crippen LogP contribution is 2.48. The number of ether oxygens (including phenoxy) is 2. The first-order valence-electron chi connectivity index (χ1n) is 8.88. The van der Waals surface area contributed by atoms with E-state index < -0.39 is 49.2 Å². The smallest absolute Gasteiger partial charge is 0.381 e. The Morgan fingerprint density at radius 3 is 1.76 bits per heavy atom. The van der Waals surface area contributed by atoms with Gasteiger partial charge < -0.3 is 9.47 Å². The molecule has 0 N–H and O–H groups in total. The molecular weight excluding hydrogens is 420 g/mol. The van der Waals surface area contributed by atoms with Crippen molar-refractivity contribution in [3.05, 3.63) is 0 Å². The fourth-order valence-electron chi connectivity index (χ4n) is 2.00. The van der Waals surface area contributed by atoms with E-state index >= 15 is 0 Å². The summed E-state index contributed by atoms with van der Waals surface area (Å²) in [4.78, 5) is 22.7. The van der Waals surface area contributed by atoms with Crippen LogP contribution in [0.15, 0.2) is 0 Å². The van der Waals surface area contributed by atoms with Crippen LogP contribution >= 0.6 is 0 Å². The minimum absolute atomic E-state index is 0.0465. The lowest BCUT2D eigenvalue weighted by molar-refractivity contribution is -0.344. The largest absolute Gasteiger partial charge is 0.466 e. The van der Waals surface area contributed by atoms with Crippen LogP contribution in [0.25, 0.3) is 0 Å². The zero-order valence-corrected chi connectivity index (χ0v) is 16.0. The predicted octanol–water partition coefficient (Wildman–Crippen LogP) is 5.24. The topological polar surface area (TPSA) is 52.6 Å². The summed E-state index contributed by atoms with van der Waals surface area (Å²) in [5.41, 5.74) is 0. The fourth-order valence-corrected chi connectivity index (χ4v) is 2.00. The Bertz CT molecular complexity index is 524. The van der Waals surface area contributed by atoms with Gasteiger partial charge in [-0.25, -0.2) is 8.78 Å². The molecule has 0 rings (SSSR count). The van der Waals surface area contributed by atoms with Crippen LogP contribution in [0.3, 0.4) is 0 Å². The number of hydrogen-bond acceptors (Lipinski definition) is 4. The van der Waals surface area contributed by atoms with E-state index in [0.717, 1.165) is 6.42 Å². The van der Waals surface area contributed by atoms with Crippen LogP contribution in [0, 0.1) is 5.92 Å². The first kappa shape index (κ1) is 27.4. The fraction of sp³-hybridized carbons (Fsp3) is 0.882. The molecule has 0 saturated carbocycles. The number of esters is 2. The molecule has 0 atom stereocenters. The van der Waals surface area contributed by atoms with E-state index in [1.54, 1.807) is 0 Å². The average molecular weight is 444 g/mol. The summed E-state index contributed by atoms with van der Waals surface area (Å²) in [5.74, 6) is -19.9. The van der Waals surface area contributed by atoms with Crippen molar-refractivity contribution in [1.82, 2.24) is 0 Å². The second kappa shape index (κ2) is 11.5. The molecule has 0 saturated heterocycles. The van der Waals surface area contributed by atoms with Gasteiger partial charge in [0, 0.05) is 12.8 Å². The van der Waals surface area contributed by atoms with Crippen molar-refractivity contribution < 1.29 is 54.2 Å². The number of unbranched alkanes of at least 4 members (excludes halogenated alkanes) is 1. The summed E-state index contributed by atoms with van der Waals surface area (Å²) in [5, 5.41) is 0. The van der Waals surface area contributed by atoms with Gasteiger partial charge in [0.25, 0.3) is 0 Å². The maximum Gasteiger partial charge on any atom is 0.381 e. The Morgan fingerprint density at radius 2 is 1.31 bits per heavy atom. The first-order chi connectivity index (χ1) is 13.1. The monoisotopic (exact) mass is 444 g/mol. The molecule has 29 heavy (non-hydrogen) atoms. The van der Waals surface area contributed by atoms with Crippen molar-refractivity contribution in [2.24, 2.45) is 5.92 Å². The molecule has 0 aliphatic heterocycles. The number of halogens is 8. The van der Waals surface area contributed by atoms with Crippen molar-refractivity contribution in [3.8, 4) is 0 Å². The van der Waals surface area contributed by atoms with Crippen molar-refractivity contribution in [1.29, 1.82) is 0 Å². The van der Waals surface area contributed by atoms with Crippen LogP contribution in [-0.4, -0.2) is 49.3 Å². The molecule has 0 fully saturated rings. The van der Waals surface area contributed by atoms with E-state index in [1.807, 2.05) is 13.8 Å². The van der Waals surface area contributed by atoms with Crippen molar-refractivity contribution >= 4 is 11.9 Å². The summed E-state index contributed by atoms with van der Waals surface area (Å²) >= 11 is 0. The highest BCUT2D eigenvalue weighted by Gasteiger charge is 2.75. The Labute approximate surface area is 162 Å². The molecule has 172 valence electrons. The Balaban J connectivity index is 4.22. The maximum atomic E-state index is 13.2. The molecule has 0 aromatic rings. The van der Waals surface area contributed by atoms with E-state index in [4.69, 9.17) is 4.74 Å². The molecule has 0 aliphatic rings. The van der Waals surface area contributed by atoms with Gasteiger partial charge in [0.15, 0.2) is 6.61 Å². The van der Waals surface area contributed by atoms with Crippen molar-refractivity contribution in [3.63, 3.8) is 0 Å². The zero-order valence-electron chi connectivity index (χ0n) is 16.0. The van der Waals surface area contributed by atoms with Gasteiger partial charge in [0.05, 0.1) is 6.61 Å². The summed E-state index contributed by atoms with van der Waals surface area (Å²) < 4.78 is 110. The normalized spacial score (nSPS) is 13.1. The number of carbonyl (C=O) groups excluding carboxylic acids is 2. The Morgan fingerprint density at radius 1 is 0.828 bits per heavy atom. The zero-order chi connectivity index (χ0) is 22.9. The lowest BCUT2D eigenvalue weighted by atomic mass is 10.1. The highest BCUT2D eigenvalue weighted by molar-refractivity contribution is 5.70. The van der Waals surface area contributed by atoms with Crippen LogP contribution in [0.1, 0.15) is 52.4 Å². The van der Waals surface area contributed by atoms with Gasteiger partial charge in [-0.1, -0.05) is 13.8 Å². The van der Waals surface area contributed by atoms with Crippen LogP contribution in [0.5, 0.6) is 0 Å². The van der Waals surface area contributed by atoms with Gasteiger partial charge in [-0.3, -0.25) is 9.59 Å².